The van der Waals surface area contributed by atoms with Gasteiger partial charge in [-0.3, -0.25) is 0 Å². The van der Waals surface area contributed by atoms with E-state index in [2.05, 4.69) is 9.47 Å². The first kappa shape index (κ1) is 20.2. The predicted molar refractivity (Wildman–Crippen MR) is 87.8 cm³/mol. The molecule has 0 aliphatic carbocycles. The van der Waals surface area contributed by atoms with Crippen molar-refractivity contribution in [2.75, 3.05) is 0 Å². The van der Waals surface area contributed by atoms with E-state index in [0.29, 0.717) is 0 Å². The number of para-hydroxylation sites is 1. The van der Waals surface area contributed by atoms with Crippen molar-refractivity contribution in [1.82, 2.24) is 0 Å². The van der Waals surface area contributed by atoms with Gasteiger partial charge in [0.15, 0.2) is 0 Å². The first-order valence-corrected chi connectivity index (χ1v) is 7.44. The van der Waals surface area contributed by atoms with Crippen LogP contribution < -0.4 is 4.74 Å². The highest BCUT2D eigenvalue weighted by Gasteiger charge is 2.19. The molecule has 0 saturated heterocycles. The van der Waals surface area contributed by atoms with E-state index in [1.54, 1.807) is 18.2 Å². The Morgan fingerprint density at radius 3 is 1.85 bits per heavy atom. The molecule has 0 aliphatic heterocycles. The fourth-order valence-electron chi connectivity index (χ4n) is 2.19. The van der Waals surface area contributed by atoms with E-state index in [4.69, 9.17) is 0 Å². The van der Waals surface area contributed by atoms with Gasteiger partial charge >= 0.3 is 24.2 Å². The second-order valence-electron chi connectivity index (χ2n) is 5.09. The van der Waals surface area contributed by atoms with Crippen LogP contribution in [-0.2, 0) is 4.74 Å². The third kappa shape index (κ3) is 5.16. The molecule has 27 heavy (non-hydrogen) atoms. The summed E-state index contributed by atoms with van der Waals surface area (Å²) in [5.41, 5.74) is 0.328. The minimum absolute atomic E-state index is 0.0415. The van der Waals surface area contributed by atoms with E-state index in [1.807, 2.05) is 0 Å². The Kier molecular flexibility index (Phi) is 6.70. The molecule has 2 rings (SSSR count). The van der Waals surface area contributed by atoms with E-state index < -0.39 is 24.2 Å². The Hall–Kier alpha value is -3.16. The van der Waals surface area contributed by atoms with Crippen LogP contribution in [0.25, 0.3) is 11.3 Å². The Bertz CT molecular complexity index is 895. The highest BCUT2D eigenvalue weighted by atomic mass is 19.3. The number of ether oxygens (including phenoxy) is 2. The Labute approximate surface area is 150 Å². The van der Waals surface area contributed by atoms with Gasteiger partial charge in [0.1, 0.15) is 11.5 Å². The number of hydrogen-bond acceptors (Lipinski definition) is 2. The number of benzene rings is 2. The summed E-state index contributed by atoms with van der Waals surface area (Å²) in [4.78, 5) is 0. The third-order valence-corrected chi connectivity index (χ3v) is 3.36. The molecule has 0 unspecified atom stereocenters. The largest absolute Gasteiger partial charge is 0.427 e. The van der Waals surface area contributed by atoms with E-state index in [0.717, 1.165) is 0 Å². The molecule has 0 bridgehead atoms. The number of halogens is 6. The molecule has 0 aliphatic rings. The standard InChI is InChI=1S/C19H12F6O2/c1-11(13-9-5-6-10-14(13)26-18(24)16(20)21)15(27-19(25)17(22)23)12-7-3-2-4-8-12/h2-10H,1H3. The maximum absolute atomic E-state index is 13.4. The van der Waals surface area contributed by atoms with Crippen molar-refractivity contribution in [2.24, 2.45) is 0 Å². The second-order valence-corrected chi connectivity index (χ2v) is 5.09. The van der Waals surface area contributed by atoms with Crippen LogP contribution in [0.4, 0.5) is 26.3 Å². The van der Waals surface area contributed by atoms with E-state index in [-0.39, 0.29) is 28.2 Å². The topological polar surface area (TPSA) is 18.5 Å². The van der Waals surface area contributed by atoms with Gasteiger partial charge in [-0.1, -0.05) is 48.5 Å². The highest BCUT2D eigenvalue weighted by molar-refractivity contribution is 5.88. The van der Waals surface area contributed by atoms with Crippen molar-refractivity contribution < 1.29 is 35.8 Å². The molecule has 0 fully saturated rings. The lowest BCUT2D eigenvalue weighted by Crippen LogP contribution is -1.99. The van der Waals surface area contributed by atoms with Crippen LogP contribution >= 0.6 is 0 Å². The number of rotatable bonds is 6. The minimum Gasteiger partial charge on any atom is -0.427 e. The molecule has 0 spiro atoms. The predicted octanol–water partition coefficient (Wildman–Crippen LogP) is 7.04. The van der Waals surface area contributed by atoms with Gasteiger partial charge < -0.3 is 9.47 Å². The van der Waals surface area contributed by atoms with Crippen LogP contribution in [0.2, 0.25) is 0 Å². The Morgan fingerprint density at radius 1 is 0.704 bits per heavy atom. The normalized spacial score (nSPS) is 11.4. The quantitative estimate of drug-likeness (QED) is 0.301. The highest BCUT2D eigenvalue weighted by Crippen LogP contribution is 2.35. The second kappa shape index (κ2) is 8.98. The zero-order chi connectivity index (χ0) is 20.0. The van der Waals surface area contributed by atoms with Crippen LogP contribution in [0.1, 0.15) is 18.1 Å². The lowest BCUT2D eigenvalue weighted by atomic mass is 10.0. The smallest absolute Gasteiger partial charge is 0.344 e. The van der Waals surface area contributed by atoms with Gasteiger partial charge in [-0.15, -0.1) is 0 Å². The van der Waals surface area contributed by atoms with Crippen LogP contribution in [0, 0.1) is 0 Å². The summed E-state index contributed by atoms with van der Waals surface area (Å²) >= 11 is 0. The average Bonchev–Trinajstić information content (AvgIpc) is 2.66. The minimum atomic E-state index is -2.67. The monoisotopic (exact) mass is 386 g/mol. The molecule has 2 aromatic rings. The molecule has 2 aromatic carbocycles. The summed E-state index contributed by atoms with van der Waals surface area (Å²) in [7, 11) is 0. The summed E-state index contributed by atoms with van der Waals surface area (Å²) in [6.45, 7) is 1.36. The molecule has 0 radical (unpaired) electrons. The van der Waals surface area contributed by atoms with Crippen molar-refractivity contribution >= 4 is 11.3 Å². The van der Waals surface area contributed by atoms with Crippen molar-refractivity contribution in [3.05, 3.63) is 89.9 Å². The zero-order valence-corrected chi connectivity index (χ0v) is 13.8. The van der Waals surface area contributed by atoms with Gasteiger partial charge in [0.05, 0.1) is 0 Å². The SMILES string of the molecule is CC(=C(OC(F)=C(F)F)c1ccccc1)c1ccccc1OC(F)=C(F)F. The molecular formula is C19H12F6O2. The van der Waals surface area contributed by atoms with Gasteiger partial charge in [-0.05, 0) is 13.0 Å². The molecule has 0 N–H and O–H groups in total. The third-order valence-electron chi connectivity index (χ3n) is 3.36. The van der Waals surface area contributed by atoms with Gasteiger partial charge in [0.2, 0.25) is 0 Å². The lowest BCUT2D eigenvalue weighted by molar-refractivity contribution is 0.217. The average molecular weight is 386 g/mol. The Morgan fingerprint density at radius 2 is 1.26 bits per heavy atom. The first-order chi connectivity index (χ1) is 12.8. The molecule has 0 saturated carbocycles. The molecule has 0 amide bonds. The summed E-state index contributed by atoms with van der Waals surface area (Å²) < 4.78 is 85.4. The fourth-order valence-corrected chi connectivity index (χ4v) is 2.19. The van der Waals surface area contributed by atoms with E-state index in [1.165, 1.54) is 43.3 Å². The van der Waals surface area contributed by atoms with E-state index in [9.17, 15) is 26.3 Å². The molecule has 0 aromatic heterocycles. The van der Waals surface area contributed by atoms with Crippen molar-refractivity contribution in [3.8, 4) is 5.75 Å². The van der Waals surface area contributed by atoms with Crippen molar-refractivity contribution in [2.45, 2.75) is 6.92 Å². The molecule has 0 atom stereocenters. The lowest BCUT2D eigenvalue weighted by Gasteiger charge is -2.15. The molecule has 142 valence electrons. The fraction of sp³-hybridized carbons (Fsp3) is 0.0526. The number of allylic oxidation sites excluding steroid dienone is 1. The molecule has 2 nitrogen and oxygen atoms in total. The van der Waals surface area contributed by atoms with Gasteiger partial charge in [-0.25, -0.2) is 0 Å². The zero-order valence-electron chi connectivity index (χ0n) is 13.8. The van der Waals surface area contributed by atoms with Gasteiger partial charge in [-0.2, -0.15) is 26.3 Å². The van der Waals surface area contributed by atoms with Crippen LogP contribution in [-0.4, -0.2) is 0 Å². The van der Waals surface area contributed by atoms with E-state index >= 15 is 0 Å². The number of hydrogen-bond donors (Lipinski definition) is 0. The molecular weight excluding hydrogens is 374 g/mol. The summed E-state index contributed by atoms with van der Waals surface area (Å²) in [5, 5.41) is 0. The first-order valence-electron chi connectivity index (χ1n) is 7.44. The van der Waals surface area contributed by atoms with Crippen LogP contribution in [0.15, 0.2) is 78.8 Å². The van der Waals surface area contributed by atoms with Gasteiger partial charge in [0.25, 0.3) is 0 Å². The van der Waals surface area contributed by atoms with Crippen LogP contribution in [0.3, 0.4) is 0 Å². The molecule has 8 heteroatoms. The van der Waals surface area contributed by atoms with Gasteiger partial charge in [0, 0.05) is 16.7 Å². The van der Waals surface area contributed by atoms with Crippen molar-refractivity contribution in [1.29, 1.82) is 0 Å². The maximum Gasteiger partial charge on any atom is 0.344 e. The summed E-state index contributed by atoms with van der Waals surface area (Å²) in [5.74, 6) is -0.649. The molecule has 0 heterocycles. The summed E-state index contributed by atoms with van der Waals surface area (Å²) in [6.07, 6.45) is -5.34. The summed E-state index contributed by atoms with van der Waals surface area (Å²) in [6, 6.07) is 8.86. The van der Waals surface area contributed by atoms with Crippen molar-refractivity contribution in [3.63, 3.8) is 0 Å². The Balaban J connectivity index is 2.63. The maximum atomic E-state index is 13.4. The van der Waals surface area contributed by atoms with Crippen LogP contribution in [0.5, 0.6) is 5.75 Å².